The Bertz CT molecular complexity index is 901. The lowest BCUT2D eigenvalue weighted by atomic mass is 10.0. The minimum atomic E-state index is -0.0667. The highest BCUT2D eigenvalue weighted by atomic mass is 16.2. The second-order valence-electron chi connectivity index (χ2n) is 7.56. The monoisotopic (exact) mass is 386 g/mol. The van der Waals surface area contributed by atoms with Gasteiger partial charge in [-0.15, -0.1) is 0 Å². The van der Waals surface area contributed by atoms with Gasteiger partial charge in [0.1, 0.15) is 0 Å². The van der Waals surface area contributed by atoms with E-state index in [1.807, 2.05) is 66.7 Å². The molecule has 1 fully saturated rings. The molecule has 0 radical (unpaired) electrons. The molecule has 1 aliphatic heterocycles. The first kappa shape index (κ1) is 19.3. The quantitative estimate of drug-likeness (QED) is 0.695. The van der Waals surface area contributed by atoms with Crippen molar-refractivity contribution in [1.29, 1.82) is 0 Å². The molecule has 0 saturated carbocycles. The lowest BCUT2D eigenvalue weighted by Crippen LogP contribution is -2.42. The molecule has 0 bridgehead atoms. The number of nitrogens with one attached hydrogen (secondary N) is 1. The second kappa shape index (κ2) is 8.97. The number of benzene rings is 2. The minimum absolute atomic E-state index is 0.0667. The van der Waals surface area contributed by atoms with E-state index >= 15 is 0 Å². The van der Waals surface area contributed by atoms with Crippen molar-refractivity contribution in [3.05, 3.63) is 66.7 Å². The molecule has 1 atom stereocenters. The summed E-state index contributed by atoms with van der Waals surface area (Å²) < 4.78 is 0. The highest BCUT2D eigenvalue weighted by Crippen LogP contribution is 2.25. The van der Waals surface area contributed by atoms with Crippen molar-refractivity contribution in [2.24, 2.45) is 0 Å². The Morgan fingerprint density at radius 1 is 0.966 bits per heavy atom. The zero-order chi connectivity index (χ0) is 20.1. The van der Waals surface area contributed by atoms with Gasteiger partial charge in [-0.2, -0.15) is 0 Å². The minimum Gasteiger partial charge on any atom is -0.293 e. The van der Waals surface area contributed by atoms with Crippen molar-refractivity contribution in [3.8, 4) is 22.5 Å². The van der Waals surface area contributed by atoms with E-state index < -0.39 is 0 Å². The summed E-state index contributed by atoms with van der Waals surface area (Å²) in [5, 5.41) is 2.93. The Kier molecular flexibility index (Phi) is 5.96. The number of carbonyl (C=O) groups excluding carboxylic acids is 1. The number of hydrogen-bond acceptors (Lipinski definition) is 4. The number of amides is 1. The molecule has 0 aliphatic carbocycles. The number of hydrogen-bond donors (Lipinski definition) is 1. The van der Waals surface area contributed by atoms with E-state index in [2.05, 4.69) is 27.1 Å². The molecule has 0 unspecified atom stereocenters. The number of nitrogens with zero attached hydrogens (tertiary/aromatic N) is 3. The highest BCUT2D eigenvalue weighted by molar-refractivity contribution is 5.91. The van der Waals surface area contributed by atoms with Crippen molar-refractivity contribution in [3.63, 3.8) is 0 Å². The van der Waals surface area contributed by atoms with Crippen LogP contribution in [0.1, 0.15) is 26.2 Å². The number of anilines is 1. The summed E-state index contributed by atoms with van der Waals surface area (Å²) in [6.45, 7) is 3.53. The topological polar surface area (TPSA) is 58.1 Å². The van der Waals surface area contributed by atoms with Gasteiger partial charge in [-0.25, -0.2) is 9.97 Å². The van der Waals surface area contributed by atoms with E-state index in [1.54, 1.807) is 0 Å². The van der Waals surface area contributed by atoms with Gasteiger partial charge in [0, 0.05) is 17.2 Å². The first-order valence-corrected chi connectivity index (χ1v) is 10.2. The molecule has 148 valence electrons. The molecular formula is C24H26N4O. The van der Waals surface area contributed by atoms with E-state index in [0.29, 0.717) is 18.5 Å². The molecule has 5 heteroatoms. The van der Waals surface area contributed by atoms with Crippen LogP contribution in [0.4, 0.5) is 5.95 Å². The van der Waals surface area contributed by atoms with E-state index in [-0.39, 0.29) is 5.91 Å². The van der Waals surface area contributed by atoms with Crippen LogP contribution >= 0.6 is 0 Å². The molecule has 1 aliphatic rings. The maximum absolute atomic E-state index is 12.7. The Morgan fingerprint density at radius 3 is 2.10 bits per heavy atom. The number of carbonyl (C=O) groups is 1. The van der Waals surface area contributed by atoms with Crippen LogP contribution in [0.25, 0.3) is 22.5 Å². The normalized spacial score (nSPS) is 17.1. The van der Waals surface area contributed by atoms with E-state index in [9.17, 15) is 4.79 Å². The molecule has 29 heavy (non-hydrogen) atoms. The van der Waals surface area contributed by atoms with Crippen LogP contribution in [-0.4, -0.2) is 39.9 Å². The molecule has 1 N–H and O–H groups in total. The molecular weight excluding hydrogens is 360 g/mol. The van der Waals surface area contributed by atoms with Crippen molar-refractivity contribution in [2.75, 3.05) is 18.4 Å². The van der Waals surface area contributed by atoms with Crippen molar-refractivity contribution in [1.82, 2.24) is 14.9 Å². The Labute approximate surface area is 171 Å². The standard InChI is InChI=1S/C24H26N4O/c1-18-10-8-9-15-28(18)17-23(29)27-24-25-21(19-11-4-2-5-12-19)16-22(26-24)20-13-6-3-7-14-20/h2-7,11-14,16,18H,8-10,15,17H2,1H3,(H,25,26,27,29)/t18-/m0/s1. The van der Waals surface area contributed by atoms with Gasteiger partial charge in [0.25, 0.3) is 0 Å². The maximum Gasteiger partial charge on any atom is 0.240 e. The van der Waals surface area contributed by atoms with Crippen LogP contribution < -0.4 is 5.32 Å². The summed E-state index contributed by atoms with van der Waals surface area (Å²) in [6.07, 6.45) is 3.53. The predicted molar refractivity (Wildman–Crippen MR) is 116 cm³/mol. The average molecular weight is 386 g/mol. The van der Waals surface area contributed by atoms with Gasteiger partial charge < -0.3 is 0 Å². The van der Waals surface area contributed by atoms with Gasteiger partial charge in [-0.05, 0) is 32.4 Å². The lowest BCUT2D eigenvalue weighted by molar-refractivity contribution is -0.118. The second-order valence-corrected chi connectivity index (χ2v) is 7.56. The summed E-state index contributed by atoms with van der Waals surface area (Å²) in [5.41, 5.74) is 3.57. The number of piperidine rings is 1. The molecule has 0 spiro atoms. The molecule has 1 saturated heterocycles. The fourth-order valence-electron chi connectivity index (χ4n) is 3.76. The van der Waals surface area contributed by atoms with Gasteiger partial charge >= 0.3 is 0 Å². The predicted octanol–water partition coefficient (Wildman–Crippen LogP) is 4.62. The SMILES string of the molecule is C[C@H]1CCCCN1CC(=O)Nc1nc(-c2ccccc2)cc(-c2ccccc2)n1. The summed E-state index contributed by atoms with van der Waals surface area (Å²) in [6, 6.07) is 22.3. The molecule has 3 aromatic rings. The van der Waals surface area contributed by atoms with Crippen LogP contribution in [0.15, 0.2) is 66.7 Å². The van der Waals surface area contributed by atoms with Crippen LogP contribution in [0.5, 0.6) is 0 Å². The third kappa shape index (κ3) is 4.87. The zero-order valence-corrected chi connectivity index (χ0v) is 16.7. The molecule has 4 rings (SSSR count). The van der Waals surface area contributed by atoms with E-state index in [1.165, 1.54) is 6.42 Å². The smallest absolute Gasteiger partial charge is 0.240 e. The highest BCUT2D eigenvalue weighted by Gasteiger charge is 2.21. The van der Waals surface area contributed by atoms with Crippen molar-refractivity contribution < 1.29 is 4.79 Å². The molecule has 2 aromatic carbocycles. The van der Waals surface area contributed by atoms with Crippen molar-refractivity contribution in [2.45, 2.75) is 32.2 Å². The fourth-order valence-corrected chi connectivity index (χ4v) is 3.76. The molecule has 1 amide bonds. The summed E-state index contributed by atoms with van der Waals surface area (Å²) >= 11 is 0. The Balaban J connectivity index is 1.61. The fraction of sp³-hybridized carbons (Fsp3) is 0.292. The van der Waals surface area contributed by atoms with Crippen LogP contribution in [-0.2, 0) is 4.79 Å². The lowest BCUT2D eigenvalue weighted by Gasteiger charge is -2.32. The number of aromatic nitrogens is 2. The van der Waals surface area contributed by atoms with Crippen molar-refractivity contribution >= 4 is 11.9 Å². The van der Waals surface area contributed by atoms with Crippen LogP contribution in [0, 0.1) is 0 Å². The number of likely N-dealkylation sites (tertiary alicyclic amines) is 1. The van der Waals surface area contributed by atoms with Gasteiger partial charge in [0.05, 0.1) is 17.9 Å². The van der Waals surface area contributed by atoms with E-state index in [0.717, 1.165) is 41.9 Å². The maximum atomic E-state index is 12.7. The van der Waals surface area contributed by atoms with Gasteiger partial charge in [-0.3, -0.25) is 15.0 Å². The van der Waals surface area contributed by atoms with Crippen LogP contribution in [0.2, 0.25) is 0 Å². The summed E-state index contributed by atoms with van der Waals surface area (Å²) in [5.74, 6) is 0.280. The van der Waals surface area contributed by atoms with E-state index in [4.69, 9.17) is 0 Å². The Morgan fingerprint density at radius 2 is 1.55 bits per heavy atom. The summed E-state index contributed by atoms with van der Waals surface area (Å²) in [7, 11) is 0. The largest absolute Gasteiger partial charge is 0.293 e. The third-order valence-corrected chi connectivity index (χ3v) is 5.40. The van der Waals surface area contributed by atoms with Gasteiger partial charge in [-0.1, -0.05) is 67.1 Å². The third-order valence-electron chi connectivity index (χ3n) is 5.40. The van der Waals surface area contributed by atoms with Gasteiger partial charge in [0.15, 0.2) is 0 Å². The van der Waals surface area contributed by atoms with Crippen LogP contribution in [0.3, 0.4) is 0 Å². The first-order valence-electron chi connectivity index (χ1n) is 10.2. The zero-order valence-electron chi connectivity index (χ0n) is 16.7. The first-order chi connectivity index (χ1) is 14.2. The Hall–Kier alpha value is -3.05. The average Bonchev–Trinajstić information content (AvgIpc) is 2.76. The summed E-state index contributed by atoms with van der Waals surface area (Å²) in [4.78, 5) is 24.2. The molecule has 1 aromatic heterocycles. The molecule has 2 heterocycles. The molecule has 5 nitrogen and oxygen atoms in total. The number of rotatable bonds is 5. The van der Waals surface area contributed by atoms with Gasteiger partial charge in [0.2, 0.25) is 11.9 Å².